The van der Waals surface area contributed by atoms with Gasteiger partial charge < -0.3 is 20.0 Å². The number of nitrogens with zero attached hydrogens (tertiary/aromatic N) is 2. The van der Waals surface area contributed by atoms with Gasteiger partial charge in [0.05, 0.1) is 23.8 Å². The predicted octanol–water partition coefficient (Wildman–Crippen LogP) is 1.76. The summed E-state index contributed by atoms with van der Waals surface area (Å²) in [5.41, 5.74) is 2.33. The molecule has 22 heavy (non-hydrogen) atoms. The third-order valence-electron chi connectivity index (χ3n) is 3.38. The molecule has 1 amide bonds. The van der Waals surface area contributed by atoms with Crippen molar-refractivity contribution in [1.29, 1.82) is 0 Å². The Bertz CT molecular complexity index is 863. The minimum Gasteiger partial charge on any atom is -0.459 e. The number of imidazole rings is 1. The predicted molar refractivity (Wildman–Crippen MR) is 82.2 cm³/mol. The van der Waals surface area contributed by atoms with Crippen molar-refractivity contribution in [2.75, 3.05) is 18.4 Å². The van der Waals surface area contributed by atoms with E-state index in [1.165, 1.54) is 6.26 Å². The van der Waals surface area contributed by atoms with Gasteiger partial charge in [-0.2, -0.15) is 0 Å². The Morgan fingerprint density at radius 3 is 3.05 bits per heavy atom. The second-order valence-corrected chi connectivity index (χ2v) is 4.91. The summed E-state index contributed by atoms with van der Waals surface area (Å²) in [6.07, 6.45) is 1.47. The first-order chi connectivity index (χ1) is 10.8. The Kier molecular flexibility index (Phi) is 2.89. The van der Waals surface area contributed by atoms with Gasteiger partial charge in [-0.05, 0) is 30.3 Å². The minimum absolute atomic E-state index is 0.273. The van der Waals surface area contributed by atoms with Crippen molar-refractivity contribution in [1.82, 2.24) is 15.3 Å². The van der Waals surface area contributed by atoms with Crippen molar-refractivity contribution in [2.24, 2.45) is 4.99 Å². The average Bonchev–Trinajstić information content (AvgIpc) is 3.26. The lowest BCUT2D eigenvalue weighted by molar-refractivity contribution is 0.0996. The first kappa shape index (κ1) is 12.6. The number of fused-ring (bicyclic) bond motifs is 1. The molecule has 1 aromatic carbocycles. The largest absolute Gasteiger partial charge is 0.459 e. The fourth-order valence-corrected chi connectivity index (χ4v) is 2.36. The lowest BCUT2D eigenvalue weighted by Crippen LogP contribution is -2.20. The number of benzene rings is 1. The molecule has 1 aliphatic rings. The number of anilines is 1. The summed E-state index contributed by atoms with van der Waals surface area (Å²) in [5.74, 6) is 1.47. The second kappa shape index (κ2) is 5.03. The Balaban J connectivity index is 1.61. The van der Waals surface area contributed by atoms with Gasteiger partial charge in [0.25, 0.3) is 5.91 Å². The third-order valence-corrected chi connectivity index (χ3v) is 3.38. The van der Waals surface area contributed by atoms with Gasteiger partial charge in [-0.25, -0.2) is 4.98 Å². The monoisotopic (exact) mass is 295 g/mol. The number of H-pyrrole nitrogens is 1. The summed E-state index contributed by atoms with van der Waals surface area (Å²) < 4.78 is 5.07. The molecule has 0 fully saturated rings. The molecule has 7 heteroatoms. The number of hydrogen-bond acceptors (Lipinski definition) is 5. The standard InChI is InChI=1S/C15H13N5O2/c21-15(12-2-1-7-22-12)18-9-3-4-10-11(8-9)20-14(19-10)13-16-5-6-17-13/h1-4,7-8H,5-6H2,(H,16,17)(H,18,21)(H,19,20). The highest BCUT2D eigenvalue weighted by molar-refractivity contribution is 6.03. The maximum atomic E-state index is 12.0. The van der Waals surface area contributed by atoms with Crippen LogP contribution in [-0.4, -0.2) is 34.8 Å². The van der Waals surface area contributed by atoms with Crippen LogP contribution in [0.2, 0.25) is 0 Å². The Hall–Kier alpha value is -3.09. The van der Waals surface area contributed by atoms with Crippen molar-refractivity contribution in [3.05, 3.63) is 48.2 Å². The minimum atomic E-state index is -0.286. The van der Waals surface area contributed by atoms with Gasteiger partial charge in [0.15, 0.2) is 17.4 Å². The van der Waals surface area contributed by atoms with Crippen LogP contribution in [0.4, 0.5) is 5.69 Å². The molecule has 0 bridgehead atoms. The topological polar surface area (TPSA) is 95.3 Å². The van der Waals surface area contributed by atoms with Crippen LogP contribution in [0.3, 0.4) is 0 Å². The van der Waals surface area contributed by atoms with Crippen LogP contribution in [0.15, 0.2) is 46.0 Å². The molecule has 0 unspecified atom stereocenters. The number of hydrogen-bond donors (Lipinski definition) is 3. The number of carbonyl (C=O) groups excluding carboxylic acids is 1. The molecule has 2 aromatic heterocycles. The van der Waals surface area contributed by atoms with Gasteiger partial charge in [0.2, 0.25) is 0 Å². The number of carbonyl (C=O) groups is 1. The molecule has 0 radical (unpaired) electrons. The number of nitrogens with one attached hydrogen (secondary N) is 3. The van der Waals surface area contributed by atoms with Crippen LogP contribution in [-0.2, 0) is 0 Å². The van der Waals surface area contributed by atoms with E-state index in [-0.39, 0.29) is 11.7 Å². The van der Waals surface area contributed by atoms with E-state index < -0.39 is 0 Å². The summed E-state index contributed by atoms with van der Waals surface area (Å²) >= 11 is 0. The lowest BCUT2D eigenvalue weighted by Gasteiger charge is -2.02. The molecule has 0 aliphatic carbocycles. The molecule has 7 nitrogen and oxygen atoms in total. The van der Waals surface area contributed by atoms with Crippen LogP contribution < -0.4 is 10.6 Å². The van der Waals surface area contributed by atoms with E-state index in [1.54, 1.807) is 18.2 Å². The van der Waals surface area contributed by atoms with E-state index in [2.05, 4.69) is 25.6 Å². The van der Waals surface area contributed by atoms with Crippen molar-refractivity contribution in [3.63, 3.8) is 0 Å². The van der Waals surface area contributed by atoms with E-state index >= 15 is 0 Å². The third kappa shape index (κ3) is 2.22. The molecule has 4 rings (SSSR count). The molecule has 0 spiro atoms. The number of rotatable bonds is 3. The maximum Gasteiger partial charge on any atom is 0.291 e. The quantitative estimate of drug-likeness (QED) is 0.686. The van der Waals surface area contributed by atoms with E-state index in [4.69, 9.17) is 4.42 Å². The van der Waals surface area contributed by atoms with E-state index in [1.807, 2.05) is 12.1 Å². The first-order valence-electron chi connectivity index (χ1n) is 6.93. The van der Waals surface area contributed by atoms with Gasteiger partial charge in [-0.3, -0.25) is 9.79 Å². The highest BCUT2D eigenvalue weighted by Gasteiger charge is 2.14. The number of furan rings is 1. The normalized spacial score (nSPS) is 13.9. The van der Waals surface area contributed by atoms with E-state index in [0.29, 0.717) is 11.5 Å². The number of aromatic amines is 1. The zero-order valence-electron chi connectivity index (χ0n) is 11.6. The molecule has 1 aliphatic heterocycles. The Morgan fingerprint density at radius 1 is 1.32 bits per heavy atom. The molecule has 110 valence electrons. The number of aromatic nitrogens is 2. The zero-order valence-corrected chi connectivity index (χ0v) is 11.6. The smallest absolute Gasteiger partial charge is 0.291 e. The summed E-state index contributed by atoms with van der Waals surface area (Å²) in [7, 11) is 0. The summed E-state index contributed by atoms with van der Waals surface area (Å²) in [6.45, 7) is 1.59. The van der Waals surface area contributed by atoms with Gasteiger partial charge >= 0.3 is 0 Å². The molecule has 0 saturated carbocycles. The van der Waals surface area contributed by atoms with Crippen molar-refractivity contribution in [2.45, 2.75) is 0 Å². The van der Waals surface area contributed by atoms with Crippen LogP contribution in [0.5, 0.6) is 0 Å². The van der Waals surface area contributed by atoms with Crippen molar-refractivity contribution < 1.29 is 9.21 Å². The van der Waals surface area contributed by atoms with Gasteiger partial charge in [0, 0.05) is 12.2 Å². The Morgan fingerprint density at radius 2 is 2.27 bits per heavy atom. The molecule has 0 atom stereocenters. The highest BCUT2D eigenvalue weighted by Crippen LogP contribution is 2.18. The van der Waals surface area contributed by atoms with Crippen LogP contribution in [0, 0.1) is 0 Å². The molecular formula is C15H13N5O2. The number of aliphatic imine (C=N–C) groups is 1. The number of amides is 1. The highest BCUT2D eigenvalue weighted by atomic mass is 16.3. The van der Waals surface area contributed by atoms with Crippen LogP contribution in [0.25, 0.3) is 11.0 Å². The number of amidine groups is 1. The Labute approximate surface area is 125 Å². The van der Waals surface area contributed by atoms with Crippen LogP contribution in [0.1, 0.15) is 16.4 Å². The second-order valence-electron chi connectivity index (χ2n) is 4.91. The van der Waals surface area contributed by atoms with E-state index in [0.717, 1.165) is 30.0 Å². The summed E-state index contributed by atoms with van der Waals surface area (Å²) in [6, 6.07) is 8.78. The molecule has 0 saturated heterocycles. The van der Waals surface area contributed by atoms with E-state index in [9.17, 15) is 4.79 Å². The zero-order chi connectivity index (χ0) is 14.9. The summed E-state index contributed by atoms with van der Waals surface area (Å²) in [5, 5.41) is 5.96. The first-order valence-corrected chi connectivity index (χ1v) is 6.93. The fourth-order valence-electron chi connectivity index (χ4n) is 2.36. The van der Waals surface area contributed by atoms with Gasteiger partial charge in [-0.15, -0.1) is 0 Å². The van der Waals surface area contributed by atoms with Gasteiger partial charge in [0.1, 0.15) is 0 Å². The molecule has 3 heterocycles. The molecule has 3 aromatic rings. The SMILES string of the molecule is O=C(Nc1ccc2nc(C3=NCCN3)[nH]c2c1)c1ccco1. The lowest BCUT2D eigenvalue weighted by atomic mass is 10.2. The average molecular weight is 295 g/mol. The van der Waals surface area contributed by atoms with Crippen molar-refractivity contribution >= 4 is 28.5 Å². The molecular weight excluding hydrogens is 282 g/mol. The fraction of sp³-hybridized carbons (Fsp3) is 0.133. The van der Waals surface area contributed by atoms with Crippen LogP contribution >= 0.6 is 0 Å². The maximum absolute atomic E-state index is 12.0. The molecule has 3 N–H and O–H groups in total. The summed E-state index contributed by atoms with van der Waals surface area (Å²) in [4.78, 5) is 24.0. The van der Waals surface area contributed by atoms with Gasteiger partial charge in [-0.1, -0.05) is 0 Å². The van der Waals surface area contributed by atoms with Crippen molar-refractivity contribution in [3.8, 4) is 0 Å².